The predicted octanol–water partition coefficient (Wildman–Crippen LogP) is 2.20. The molecule has 1 atom stereocenters. The first-order valence-electron chi connectivity index (χ1n) is 5.19. The van der Waals surface area contributed by atoms with Gasteiger partial charge in [-0.25, -0.2) is 0 Å². The molecule has 16 heavy (non-hydrogen) atoms. The first kappa shape index (κ1) is 11.1. The van der Waals surface area contributed by atoms with Gasteiger partial charge in [-0.15, -0.1) is 0 Å². The molecule has 0 bridgehead atoms. The lowest BCUT2D eigenvalue weighted by Gasteiger charge is -2.23. The number of ketones is 1. The maximum atomic E-state index is 11.5. The molecule has 1 fully saturated rings. The smallest absolute Gasteiger partial charge is 0.290 e. The van der Waals surface area contributed by atoms with Crippen LogP contribution in [0, 0.1) is 0 Å². The summed E-state index contributed by atoms with van der Waals surface area (Å²) >= 11 is 5.89. The van der Waals surface area contributed by atoms with Crippen LogP contribution in [0.1, 0.15) is 24.9 Å². The molecule has 1 amide bonds. The van der Waals surface area contributed by atoms with Gasteiger partial charge in [0.1, 0.15) is 0 Å². The number of likely N-dealkylation sites (tertiary alicyclic amines) is 1. The molecule has 1 aliphatic rings. The highest BCUT2D eigenvalue weighted by Crippen LogP contribution is 2.25. The Morgan fingerprint density at radius 1 is 1.38 bits per heavy atom. The zero-order valence-corrected chi connectivity index (χ0v) is 9.70. The molecule has 0 aromatic heterocycles. The van der Waals surface area contributed by atoms with Crippen molar-refractivity contribution >= 4 is 23.3 Å². The zero-order valence-electron chi connectivity index (χ0n) is 8.94. The third kappa shape index (κ3) is 1.95. The Bertz CT molecular complexity index is 444. The van der Waals surface area contributed by atoms with Crippen molar-refractivity contribution in [2.45, 2.75) is 19.4 Å². The normalized spacial score (nSPS) is 18.0. The third-order valence-corrected chi connectivity index (χ3v) is 3.11. The second kappa shape index (κ2) is 4.26. The van der Waals surface area contributed by atoms with Gasteiger partial charge in [-0.05, 0) is 24.6 Å². The molecule has 0 radical (unpaired) electrons. The van der Waals surface area contributed by atoms with Crippen LogP contribution < -0.4 is 0 Å². The summed E-state index contributed by atoms with van der Waals surface area (Å²) < 4.78 is 0. The van der Waals surface area contributed by atoms with Gasteiger partial charge < -0.3 is 4.90 Å². The summed E-state index contributed by atoms with van der Waals surface area (Å²) in [6.45, 7) is 2.41. The summed E-state index contributed by atoms with van der Waals surface area (Å²) in [6, 6.07) is 7.26. The number of carbonyl (C=O) groups excluding carboxylic acids is 2. The molecule has 0 spiro atoms. The fourth-order valence-corrected chi connectivity index (χ4v) is 2.11. The number of rotatable bonds is 2. The molecule has 1 aliphatic heterocycles. The van der Waals surface area contributed by atoms with Crippen molar-refractivity contribution in [2.24, 2.45) is 0 Å². The van der Waals surface area contributed by atoms with E-state index in [9.17, 15) is 9.59 Å². The minimum Gasteiger partial charge on any atom is -0.329 e. The van der Waals surface area contributed by atoms with E-state index >= 15 is 0 Å². The van der Waals surface area contributed by atoms with E-state index in [4.69, 9.17) is 11.6 Å². The molecule has 1 heterocycles. The summed E-state index contributed by atoms with van der Waals surface area (Å²) in [5, 5.41) is 0.641. The first-order valence-corrected chi connectivity index (χ1v) is 5.56. The highest BCUT2D eigenvalue weighted by atomic mass is 35.5. The van der Waals surface area contributed by atoms with Crippen LogP contribution in [0.25, 0.3) is 0 Å². The minimum atomic E-state index is -0.382. The summed E-state index contributed by atoms with van der Waals surface area (Å²) in [5.41, 5.74) is 0.954. The molecule has 0 aliphatic carbocycles. The summed E-state index contributed by atoms with van der Waals surface area (Å²) in [4.78, 5) is 24.3. The van der Waals surface area contributed by atoms with E-state index in [0.29, 0.717) is 18.0 Å². The van der Waals surface area contributed by atoms with Gasteiger partial charge in [0.25, 0.3) is 5.91 Å². The van der Waals surface area contributed by atoms with Crippen LogP contribution in [0.4, 0.5) is 0 Å². The number of halogens is 1. The van der Waals surface area contributed by atoms with E-state index in [1.165, 1.54) is 0 Å². The van der Waals surface area contributed by atoms with Crippen LogP contribution in [0.15, 0.2) is 24.3 Å². The molecule has 0 saturated carbocycles. The van der Waals surface area contributed by atoms with E-state index in [0.717, 1.165) is 5.56 Å². The summed E-state index contributed by atoms with van der Waals surface area (Å²) in [5.74, 6) is -0.679. The topological polar surface area (TPSA) is 37.4 Å². The molecule has 0 N–H and O–H groups in total. The molecular formula is C12H12ClNO2. The Hall–Kier alpha value is -1.35. The average Bonchev–Trinajstić information content (AvgIpc) is 2.59. The number of amides is 1. The Labute approximate surface area is 99.0 Å². The van der Waals surface area contributed by atoms with E-state index in [2.05, 4.69) is 0 Å². The van der Waals surface area contributed by atoms with Crippen molar-refractivity contribution in [1.29, 1.82) is 0 Å². The summed E-state index contributed by atoms with van der Waals surface area (Å²) in [6.07, 6.45) is 0.323. The van der Waals surface area contributed by atoms with Crippen LogP contribution in [-0.2, 0) is 9.59 Å². The van der Waals surface area contributed by atoms with Gasteiger partial charge in [-0.2, -0.15) is 0 Å². The molecule has 84 valence electrons. The molecule has 3 nitrogen and oxygen atoms in total. The number of hydrogen-bond acceptors (Lipinski definition) is 2. The maximum absolute atomic E-state index is 11.5. The van der Waals surface area contributed by atoms with E-state index in [1.54, 1.807) is 11.0 Å². The zero-order chi connectivity index (χ0) is 11.7. The largest absolute Gasteiger partial charge is 0.329 e. The van der Waals surface area contributed by atoms with Gasteiger partial charge in [-0.3, -0.25) is 9.59 Å². The van der Waals surface area contributed by atoms with E-state index in [1.807, 2.05) is 25.1 Å². The Morgan fingerprint density at radius 2 is 2.12 bits per heavy atom. The minimum absolute atomic E-state index is 0.0994. The Balaban J connectivity index is 2.22. The van der Waals surface area contributed by atoms with E-state index in [-0.39, 0.29) is 17.7 Å². The van der Waals surface area contributed by atoms with Crippen LogP contribution in [0.5, 0.6) is 0 Å². The molecule has 1 aromatic rings. The van der Waals surface area contributed by atoms with Gasteiger partial charge in [-0.1, -0.05) is 23.7 Å². The van der Waals surface area contributed by atoms with E-state index < -0.39 is 0 Å². The quantitative estimate of drug-likeness (QED) is 0.740. The molecular weight excluding hydrogens is 226 g/mol. The van der Waals surface area contributed by atoms with Crippen LogP contribution in [0.2, 0.25) is 5.02 Å². The highest BCUT2D eigenvalue weighted by Gasteiger charge is 2.32. The lowest BCUT2D eigenvalue weighted by Crippen LogP contribution is -2.30. The molecule has 2 rings (SSSR count). The standard InChI is InChI=1S/C12H12ClNO2/c1-8(9-3-2-4-10(13)7-9)14-6-5-11(15)12(14)16/h2-4,7-8H,5-6H2,1H3. The van der Waals surface area contributed by atoms with Crippen LogP contribution in [-0.4, -0.2) is 23.1 Å². The lowest BCUT2D eigenvalue weighted by molar-refractivity contribution is -0.141. The Morgan fingerprint density at radius 3 is 2.69 bits per heavy atom. The molecule has 1 aromatic carbocycles. The third-order valence-electron chi connectivity index (χ3n) is 2.88. The van der Waals surface area contributed by atoms with Crippen molar-refractivity contribution in [1.82, 2.24) is 4.90 Å². The molecule has 1 unspecified atom stereocenters. The number of carbonyl (C=O) groups is 2. The predicted molar refractivity (Wildman–Crippen MR) is 61.2 cm³/mol. The van der Waals surface area contributed by atoms with Crippen molar-refractivity contribution in [3.63, 3.8) is 0 Å². The van der Waals surface area contributed by atoms with Gasteiger partial charge in [0, 0.05) is 18.0 Å². The average molecular weight is 238 g/mol. The fourth-order valence-electron chi connectivity index (χ4n) is 1.91. The maximum Gasteiger partial charge on any atom is 0.290 e. The van der Waals surface area contributed by atoms with Gasteiger partial charge in [0.15, 0.2) is 0 Å². The number of hydrogen-bond donors (Lipinski definition) is 0. The second-order valence-electron chi connectivity index (χ2n) is 3.90. The molecule has 4 heteroatoms. The van der Waals surface area contributed by atoms with Gasteiger partial charge in [0.05, 0.1) is 6.04 Å². The number of benzene rings is 1. The van der Waals surface area contributed by atoms with Crippen molar-refractivity contribution in [3.8, 4) is 0 Å². The second-order valence-corrected chi connectivity index (χ2v) is 4.34. The fraction of sp³-hybridized carbons (Fsp3) is 0.333. The number of nitrogens with zero attached hydrogens (tertiary/aromatic N) is 1. The monoisotopic (exact) mass is 237 g/mol. The first-order chi connectivity index (χ1) is 7.59. The Kier molecular flexibility index (Phi) is 2.97. The van der Waals surface area contributed by atoms with Gasteiger partial charge >= 0.3 is 0 Å². The summed E-state index contributed by atoms with van der Waals surface area (Å²) in [7, 11) is 0. The SMILES string of the molecule is CC(c1cccc(Cl)c1)N1CCC(=O)C1=O. The van der Waals surface area contributed by atoms with Crippen LogP contribution >= 0.6 is 11.6 Å². The lowest BCUT2D eigenvalue weighted by atomic mass is 10.1. The molecule has 1 saturated heterocycles. The highest BCUT2D eigenvalue weighted by molar-refractivity contribution is 6.37. The van der Waals surface area contributed by atoms with Crippen LogP contribution in [0.3, 0.4) is 0 Å². The van der Waals surface area contributed by atoms with Crippen molar-refractivity contribution in [3.05, 3.63) is 34.9 Å². The van der Waals surface area contributed by atoms with Crippen molar-refractivity contribution in [2.75, 3.05) is 6.54 Å². The van der Waals surface area contributed by atoms with Crippen molar-refractivity contribution < 1.29 is 9.59 Å². The number of Topliss-reactive ketones (excluding diaryl/α,β-unsaturated/α-hetero) is 1. The van der Waals surface area contributed by atoms with Gasteiger partial charge in [0.2, 0.25) is 5.78 Å².